The van der Waals surface area contributed by atoms with Gasteiger partial charge in [-0.2, -0.15) is 0 Å². The Morgan fingerprint density at radius 2 is 1.78 bits per heavy atom. The van der Waals surface area contributed by atoms with Crippen LogP contribution in [0, 0.1) is 13.8 Å². The molecule has 2 aromatic rings. The van der Waals surface area contributed by atoms with E-state index in [1.54, 1.807) is 6.08 Å². The number of piperazine rings is 1. The van der Waals surface area contributed by atoms with Crippen molar-refractivity contribution in [3.05, 3.63) is 59.2 Å². The van der Waals surface area contributed by atoms with Crippen LogP contribution in [0.1, 0.15) is 16.7 Å². The van der Waals surface area contributed by atoms with Crippen molar-refractivity contribution in [1.82, 2.24) is 4.90 Å². The first-order valence-corrected chi connectivity index (χ1v) is 9.29. The number of ether oxygens (including phenoxy) is 2. The van der Waals surface area contributed by atoms with Crippen molar-refractivity contribution in [3.63, 3.8) is 0 Å². The molecule has 140 valence electrons. The zero-order valence-electron chi connectivity index (χ0n) is 15.8. The van der Waals surface area contributed by atoms with Crippen LogP contribution in [0.25, 0.3) is 6.08 Å². The van der Waals surface area contributed by atoms with E-state index in [0.29, 0.717) is 0 Å². The van der Waals surface area contributed by atoms with Crippen LogP contribution in [-0.2, 0) is 4.79 Å². The van der Waals surface area contributed by atoms with E-state index >= 15 is 0 Å². The number of benzene rings is 2. The number of fused-ring (bicyclic) bond motifs is 1. The van der Waals surface area contributed by atoms with Crippen LogP contribution in [0.2, 0.25) is 0 Å². The average molecular weight is 364 g/mol. The number of hydrogen-bond acceptors (Lipinski definition) is 4. The van der Waals surface area contributed by atoms with Crippen LogP contribution < -0.4 is 14.4 Å². The Kier molecular flexibility index (Phi) is 4.75. The predicted molar refractivity (Wildman–Crippen MR) is 106 cm³/mol. The van der Waals surface area contributed by atoms with Gasteiger partial charge in [0.1, 0.15) is 0 Å². The molecule has 27 heavy (non-hydrogen) atoms. The maximum absolute atomic E-state index is 12.5. The summed E-state index contributed by atoms with van der Waals surface area (Å²) in [6, 6.07) is 12.1. The monoisotopic (exact) mass is 364 g/mol. The van der Waals surface area contributed by atoms with Crippen molar-refractivity contribution in [3.8, 4) is 11.5 Å². The van der Waals surface area contributed by atoms with Gasteiger partial charge < -0.3 is 19.3 Å². The fourth-order valence-corrected chi connectivity index (χ4v) is 3.54. The molecule has 0 aromatic heterocycles. The molecule has 1 saturated heterocycles. The second kappa shape index (κ2) is 7.35. The molecule has 0 radical (unpaired) electrons. The van der Waals surface area contributed by atoms with E-state index in [-0.39, 0.29) is 12.7 Å². The van der Waals surface area contributed by atoms with Gasteiger partial charge >= 0.3 is 0 Å². The third-order valence-electron chi connectivity index (χ3n) is 5.32. The molecule has 2 aliphatic rings. The number of anilines is 1. The molecule has 0 spiro atoms. The normalized spacial score (nSPS) is 16.2. The lowest BCUT2D eigenvalue weighted by Crippen LogP contribution is -2.48. The third kappa shape index (κ3) is 3.63. The Bertz CT molecular complexity index is 883. The lowest BCUT2D eigenvalue weighted by molar-refractivity contribution is -0.126. The molecule has 2 aliphatic heterocycles. The highest BCUT2D eigenvalue weighted by Gasteiger charge is 2.21. The Morgan fingerprint density at radius 1 is 1.00 bits per heavy atom. The summed E-state index contributed by atoms with van der Waals surface area (Å²) >= 11 is 0. The molecule has 1 fully saturated rings. The van der Waals surface area contributed by atoms with Crippen molar-refractivity contribution in [1.29, 1.82) is 0 Å². The summed E-state index contributed by atoms with van der Waals surface area (Å²) in [5.74, 6) is 1.53. The summed E-state index contributed by atoms with van der Waals surface area (Å²) < 4.78 is 10.7. The van der Waals surface area contributed by atoms with Crippen molar-refractivity contribution in [2.75, 3.05) is 37.9 Å². The van der Waals surface area contributed by atoms with Crippen LogP contribution >= 0.6 is 0 Å². The molecule has 5 heteroatoms. The molecule has 0 bridgehead atoms. The average Bonchev–Trinajstić information content (AvgIpc) is 3.16. The van der Waals surface area contributed by atoms with Gasteiger partial charge in [-0.1, -0.05) is 18.2 Å². The lowest BCUT2D eigenvalue weighted by atomic mass is 10.1. The van der Waals surface area contributed by atoms with Crippen LogP contribution in [-0.4, -0.2) is 43.8 Å². The largest absolute Gasteiger partial charge is 0.454 e. The molecule has 0 saturated carbocycles. The number of carbonyl (C=O) groups excluding carboxylic acids is 1. The van der Waals surface area contributed by atoms with Crippen molar-refractivity contribution in [2.24, 2.45) is 0 Å². The molecule has 0 N–H and O–H groups in total. The summed E-state index contributed by atoms with van der Waals surface area (Å²) in [7, 11) is 0. The van der Waals surface area contributed by atoms with Crippen molar-refractivity contribution >= 4 is 17.7 Å². The van der Waals surface area contributed by atoms with Gasteiger partial charge in [0, 0.05) is 37.9 Å². The van der Waals surface area contributed by atoms with Gasteiger partial charge in [0.15, 0.2) is 11.5 Å². The van der Waals surface area contributed by atoms with Gasteiger partial charge in [-0.25, -0.2) is 0 Å². The van der Waals surface area contributed by atoms with E-state index in [1.165, 1.54) is 16.8 Å². The molecular formula is C22H24N2O3. The second-order valence-electron chi connectivity index (χ2n) is 6.98. The fourth-order valence-electron chi connectivity index (χ4n) is 3.54. The number of amides is 1. The van der Waals surface area contributed by atoms with Crippen LogP contribution in [0.4, 0.5) is 5.69 Å². The van der Waals surface area contributed by atoms with Gasteiger partial charge in [0.05, 0.1) is 0 Å². The number of carbonyl (C=O) groups is 1. The van der Waals surface area contributed by atoms with Crippen LogP contribution in [0.15, 0.2) is 42.5 Å². The molecule has 1 amide bonds. The molecule has 0 atom stereocenters. The number of rotatable bonds is 3. The third-order valence-corrected chi connectivity index (χ3v) is 5.32. The van der Waals surface area contributed by atoms with Gasteiger partial charge in [-0.3, -0.25) is 4.79 Å². The standard InChI is InChI=1S/C22H24N2O3/c1-16-4-3-5-19(17(16)2)23-10-12-24(13-11-23)22(25)9-7-18-6-8-20-21(14-18)27-15-26-20/h3-9,14H,10-13,15H2,1-2H3. The number of aryl methyl sites for hydroxylation is 1. The van der Waals surface area contributed by atoms with Crippen molar-refractivity contribution in [2.45, 2.75) is 13.8 Å². The summed E-state index contributed by atoms with van der Waals surface area (Å²) in [5, 5.41) is 0. The zero-order valence-corrected chi connectivity index (χ0v) is 15.8. The maximum Gasteiger partial charge on any atom is 0.246 e. The highest BCUT2D eigenvalue weighted by molar-refractivity contribution is 5.92. The van der Waals surface area contributed by atoms with E-state index in [4.69, 9.17) is 9.47 Å². The Morgan fingerprint density at radius 3 is 2.59 bits per heavy atom. The van der Waals surface area contributed by atoms with E-state index < -0.39 is 0 Å². The summed E-state index contributed by atoms with van der Waals surface area (Å²) in [4.78, 5) is 16.8. The van der Waals surface area contributed by atoms with Crippen LogP contribution in [0.3, 0.4) is 0 Å². The summed E-state index contributed by atoms with van der Waals surface area (Å²) in [5.41, 5.74) is 4.83. The fraction of sp³-hybridized carbons (Fsp3) is 0.318. The second-order valence-corrected chi connectivity index (χ2v) is 6.98. The summed E-state index contributed by atoms with van der Waals surface area (Å²) in [6.07, 6.45) is 3.48. The van der Waals surface area contributed by atoms with Gasteiger partial charge in [0.2, 0.25) is 12.7 Å². The smallest absolute Gasteiger partial charge is 0.246 e. The van der Waals surface area contributed by atoms with Crippen molar-refractivity contribution < 1.29 is 14.3 Å². The number of hydrogen-bond donors (Lipinski definition) is 0. The first-order valence-electron chi connectivity index (χ1n) is 9.29. The predicted octanol–water partition coefficient (Wildman–Crippen LogP) is 3.39. The molecule has 5 nitrogen and oxygen atoms in total. The summed E-state index contributed by atoms with van der Waals surface area (Å²) in [6.45, 7) is 7.74. The first-order chi connectivity index (χ1) is 13.1. The molecule has 0 aliphatic carbocycles. The highest BCUT2D eigenvalue weighted by atomic mass is 16.7. The maximum atomic E-state index is 12.5. The zero-order chi connectivity index (χ0) is 18.8. The van der Waals surface area contributed by atoms with E-state index in [0.717, 1.165) is 43.2 Å². The quantitative estimate of drug-likeness (QED) is 0.783. The Hall–Kier alpha value is -2.95. The topological polar surface area (TPSA) is 42.0 Å². The SMILES string of the molecule is Cc1cccc(N2CCN(C(=O)C=Cc3ccc4c(c3)OCO4)CC2)c1C. The number of nitrogens with zero attached hydrogens (tertiary/aromatic N) is 2. The highest BCUT2D eigenvalue weighted by Crippen LogP contribution is 2.32. The molecule has 2 aromatic carbocycles. The van der Waals surface area contributed by atoms with E-state index in [9.17, 15) is 4.79 Å². The van der Waals surface area contributed by atoms with Gasteiger partial charge in [-0.05, 0) is 54.8 Å². The first kappa shape index (κ1) is 17.5. The Labute approximate surface area is 159 Å². The van der Waals surface area contributed by atoms with Crippen LogP contribution in [0.5, 0.6) is 11.5 Å². The van der Waals surface area contributed by atoms with Gasteiger partial charge in [-0.15, -0.1) is 0 Å². The molecule has 0 unspecified atom stereocenters. The minimum atomic E-state index is 0.0493. The van der Waals surface area contributed by atoms with E-state index in [2.05, 4.69) is 36.9 Å². The minimum Gasteiger partial charge on any atom is -0.454 e. The van der Waals surface area contributed by atoms with Gasteiger partial charge in [0.25, 0.3) is 0 Å². The Balaban J connectivity index is 1.36. The molecule has 2 heterocycles. The molecular weight excluding hydrogens is 340 g/mol. The molecule has 4 rings (SSSR count). The van der Waals surface area contributed by atoms with E-state index in [1.807, 2.05) is 29.2 Å². The minimum absolute atomic E-state index is 0.0493. The lowest BCUT2D eigenvalue weighted by Gasteiger charge is -2.36.